The fourth-order valence-electron chi connectivity index (χ4n) is 7.73. The molecule has 0 bridgehead atoms. The summed E-state index contributed by atoms with van der Waals surface area (Å²) >= 11 is 0. The molecule has 33 heavy (non-hydrogen) atoms. The standard InChI is InChI=1S/C31H56O2/c1-3-5-7-9-10-12-14-16-31(32)33-28-20-22-30-27(24-28)19-18-26-23-25(17-21-29(26)30)15-13-11-8-6-4-2/h25-30H,3-24H2,1-2H3. The summed E-state index contributed by atoms with van der Waals surface area (Å²) in [5.74, 6) is 4.88. The van der Waals surface area contributed by atoms with E-state index in [0.29, 0.717) is 6.42 Å². The Labute approximate surface area is 206 Å². The predicted octanol–water partition coefficient (Wildman–Crippen LogP) is 9.64. The minimum Gasteiger partial charge on any atom is -0.462 e. The Morgan fingerprint density at radius 2 is 1.21 bits per heavy atom. The lowest BCUT2D eigenvalue weighted by molar-refractivity contribution is -0.153. The Kier molecular flexibility index (Phi) is 12.7. The van der Waals surface area contributed by atoms with Crippen LogP contribution in [0.2, 0.25) is 0 Å². The van der Waals surface area contributed by atoms with Crippen LogP contribution >= 0.6 is 0 Å². The molecule has 3 saturated carbocycles. The zero-order chi connectivity index (χ0) is 23.3. The monoisotopic (exact) mass is 460 g/mol. The summed E-state index contributed by atoms with van der Waals surface area (Å²) in [6, 6.07) is 0. The van der Waals surface area contributed by atoms with Gasteiger partial charge in [-0.15, -0.1) is 0 Å². The van der Waals surface area contributed by atoms with Gasteiger partial charge in [0.05, 0.1) is 0 Å². The highest BCUT2D eigenvalue weighted by Gasteiger charge is 2.44. The van der Waals surface area contributed by atoms with Crippen LogP contribution in [0.1, 0.15) is 155 Å². The van der Waals surface area contributed by atoms with E-state index in [1.54, 1.807) is 0 Å². The van der Waals surface area contributed by atoms with Crippen LogP contribution in [0.4, 0.5) is 0 Å². The van der Waals surface area contributed by atoms with E-state index in [0.717, 1.165) is 48.9 Å². The molecular formula is C31H56O2. The maximum Gasteiger partial charge on any atom is 0.306 e. The van der Waals surface area contributed by atoms with Gasteiger partial charge in [-0.25, -0.2) is 0 Å². The first-order valence-corrected chi connectivity index (χ1v) is 15.4. The van der Waals surface area contributed by atoms with E-state index in [9.17, 15) is 4.79 Å². The van der Waals surface area contributed by atoms with Gasteiger partial charge in [-0.1, -0.05) is 97.3 Å². The Bertz CT molecular complexity index is 529. The number of carbonyl (C=O) groups is 1. The molecule has 0 heterocycles. The Morgan fingerprint density at radius 3 is 1.91 bits per heavy atom. The number of fused-ring (bicyclic) bond motifs is 3. The number of ether oxygens (including phenoxy) is 1. The van der Waals surface area contributed by atoms with E-state index in [1.165, 1.54) is 116 Å². The molecule has 3 aliphatic carbocycles. The normalized spacial score (nSPS) is 31.6. The highest BCUT2D eigenvalue weighted by Crippen LogP contribution is 2.53. The van der Waals surface area contributed by atoms with Crippen LogP contribution in [0.25, 0.3) is 0 Å². The zero-order valence-corrected chi connectivity index (χ0v) is 22.3. The summed E-state index contributed by atoms with van der Waals surface area (Å²) in [5, 5.41) is 0. The second-order valence-electron chi connectivity index (χ2n) is 12.1. The molecule has 0 aromatic rings. The van der Waals surface area contributed by atoms with Crippen molar-refractivity contribution in [3.05, 3.63) is 0 Å². The molecule has 0 aromatic heterocycles. The summed E-state index contributed by atoms with van der Waals surface area (Å²) in [6.45, 7) is 4.57. The van der Waals surface area contributed by atoms with E-state index >= 15 is 0 Å². The molecule has 2 nitrogen and oxygen atoms in total. The zero-order valence-electron chi connectivity index (χ0n) is 22.3. The van der Waals surface area contributed by atoms with E-state index in [-0.39, 0.29) is 12.1 Å². The van der Waals surface area contributed by atoms with Crippen molar-refractivity contribution < 1.29 is 9.53 Å². The summed E-state index contributed by atoms with van der Waals surface area (Å²) in [7, 11) is 0. The average molecular weight is 461 g/mol. The number of hydrogen-bond acceptors (Lipinski definition) is 2. The van der Waals surface area contributed by atoms with Crippen LogP contribution in [0.5, 0.6) is 0 Å². The molecule has 2 heteroatoms. The predicted molar refractivity (Wildman–Crippen MR) is 140 cm³/mol. The van der Waals surface area contributed by atoms with Crippen molar-refractivity contribution in [1.82, 2.24) is 0 Å². The third kappa shape index (κ3) is 9.21. The highest BCUT2D eigenvalue weighted by molar-refractivity contribution is 5.69. The summed E-state index contributed by atoms with van der Waals surface area (Å²) in [4.78, 5) is 12.4. The molecule has 0 saturated heterocycles. The number of esters is 1. The van der Waals surface area contributed by atoms with Gasteiger partial charge in [0, 0.05) is 6.42 Å². The van der Waals surface area contributed by atoms with Crippen LogP contribution in [0.15, 0.2) is 0 Å². The maximum absolute atomic E-state index is 12.4. The van der Waals surface area contributed by atoms with Gasteiger partial charge >= 0.3 is 5.97 Å². The third-order valence-corrected chi connectivity index (χ3v) is 9.60. The number of unbranched alkanes of at least 4 members (excludes halogenated alkanes) is 10. The lowest BCUT2D eigenvalue weighted by Gasteiger charge is -2.50. The number of carbonyl (C=O) groups excluding carboxylic acids is 1. The molecule has 0 N–H and O–H groups in total. The molecule has 3 rings (SSSR count). The molecule has 192 valence electrons. The summed E-state index contributed by atoms with van der Waals surface area (Å²) in [5.41, 5.74) is 0. The van der Waals surface area contributed by atoms with Gasteiger partial charge in [0.15, 0.2) is 0 Å². The van der Waals surface area contributed by atoms with E-state index in [2.05, 4.69) is 13.8 Å². The second kappa shape index (κ2) is 15.5. The van der Waals surface area contributed by atoms with Gasteiger partial charge < -0.3 is 4.74 Å². The Hall–Kier alpha value is -0.530. The highest BCUT2D eigenvalue weighted by atomic mass is 16.5. The van der Waals surface area contributed by atoms with E-state index < -0.39 is 0 Å². The van der Waals surface area contributed by atoms with Crippen LogP contribution in [0, 0.1) is 29.6 Å². The van der Waals surface area contributed by atoms with Crippen molar-refractivity contribution in [2.24, 2.45) is 29.6 Å². The molecule has 6 atom stereocenters. The van der Waals surface area contributed by atoms with E-state index in [4.69, 9.17) is 4.74 Å². The molecule has 3 aliphatic rings. The van der Waals surface area contributed by atoms with Crippen LogP contribution < -0.4 is 0 Å². The average Bonchev–Trinajstić information content (AvgIpc) is 2.83. The van der Waals surface area contributed by atoms with Crippen molar-refractivity contribution in [3.63, 3.8) is 0 Å². The van der Waals surface area contributed by atoms with Gasteiger partial charge in [0.25, 0.3) is 0 Å². The van der Waals surface area contributed by atoms with Gasteiger partial charge in [-0.3, -0.25) is 4.79 Å². The molecule has 0 spiro atoms. The number of hydrogen-bond donors (Lipinski definition) is 0. The van der Waals surface area contributed by atoms with Gasteiger partial charge in [0.2, 0.25) is 0 Å². The first kappa shape index (κ1) is 27.1. The first-order valence-electron chi connectivity index (χ1n) is 15.4. The lowest BCUT2D eigenvalue weighted by atomic mass is 9.56. The maximum atomic E-state index is 12.4. The Morgan fingerprint density at radius 1 is 0.636 bits per heavy atom. The quantitative estimate of drug-likeness (QED) is 0.179. The first-order chi connectivity index (χ1) is 16.2. The van der Waals surface area contributed by atoms with Crippen molar-refractivity contribution in [2.75, 3.05) is 0 Å². The molecule has 0 aromatic carbocycles. The Balaban J connectivity index is 1.30. The smallest absolute Gasteiger partial charge is 0.306 e. The number of rotatable bonds is 15. The third-order valence-electron chi connectivity index (χ3n) is 9.60. The van der Waals surface area contributed by atoms with Crippen molar-refractivity contribution in [2.45, 2.75) is 161 Å². The fraction of sp³-hybridized carbons (Fsp3) is 0.968. The van der Waals surface area contributed by atoms with Crippen LogP contribution in [-0.2, 0) is 9.53 Å². The second-order valence-corrected chi connectivity index (χ2v) is 12.1. The summed E-state index contributed by atoms with van der Waals surface area (Å²) in [6.07, 6.45) is 29.4. The van der Waals surface area contributed by atoms with Crippen LogP contribution in [-0.4, -0.2) is 12.1 Å². The fourth-order valence-corrected chi connectivity index (χ4v) is 7.73. The molecule has 0 amide bonds. The van der Waals surface area contributed by atoms with E-state index in [1.807, 2.05) is 0 Å². The minimum absolute atomic E-state index is 0.0835. The molecular weight excluding hydrogens is 404 g/mol. The molecule has 3 fully saturated rings. The molecule has 6 unspecified atom stereocenters. The van der Waals surface area contributed by atoms with Crippen molar-refractivity contribution >= 4 is 5.97 Å². The van der Waals surface area contributed by atoms with Gasteiger partial charge in [0.1, 0.15) is 6.10 Å². The molecule has 0 aliphatic heterocycles. The molecule has 0 radical (unpaired) electrons. The SMILES string of the molecule is CCCCCCCCCC(=O)OC1CCC2C(CCC3CC(CCCCCCC)CCC32)C1. The van der Waals surface area contributed by atoms with Crippen molar-refractivity contribution in [1.29, 1.82) is 0 Å². The van der Waals surface area contributed by atoms with Crippen molar-refractivity contribution in [3.8, 4) is 0 Å². The van der Waals surface area contributed by atoms with Crippen LogP contribution in [0.3, 0.4) is 0 Å². The van der Waals surface area contributed by atoms with Gasteiger partial charge in [-0.05, 0) is 81.0 Å². The minimum atomic E-state index is 0.0835. The topological polar surface area (TPSA) is 26.3 Å². The largest absolute Gasteiger partial charge is 0.462 e. The summed E-state index contributed by atoms with van der Waals surface area (Å²) < 4.78 is 5.97. The van der Waals surface area contributed by atoms with Gasteiger partial charge in [-0.2, -0.15) is 0 Å². The lowest BCUT2D eigenvalue weighted by Crippen LogP contribution is -2.43.